The zero-order chi connectivity index (χ0) is 13.9. The minimum absolute atomic E-state index is 0.275. The van der Waals surface area contributed by atoms with Crippen LogP contribution in [0, 0.1) is 5.82 Å². The molecule has 18 heavy (non-hydrogen) atoms. The summed E-state index contributed by atoms with van der Waals surface area (Å²) in [6.07, 6.45) is -4.71. The standard InChI is InChI=1S/C10H7F3O5/c1-17-8(14)5-2-3-6(11)7(4-5)18-10(12,13)9(15)16/h2-4H,1H3,(H,15,16)/p-1. The molecule has 1 rings (SSSR count). The van der Waals surface area contributed by atoms with Crippen LogP contribution in [0.25, 0.3) is 0 Å². The predicted molar refractivity (Wildman–Crippen MR) is 48.3 cm³/mol. The summed E-state index contributed by atoms with van der Waals surface area (Å²) in [5, 5.41) is 10.0. The first-order valence-corrected chi connectivity index (χ1v) is 4.44. The second kappa shape index (κ2) is 4.94. The number of hydrogen-bond acceptors (Lipinski definition) is 5. The minimum atomic E-state index is -4.71. The van der Waals surface area contributed by atoms with Gasteiger partial charge in [0, 0.05) is 0 Å². The van der Waals surface area contributed by atoms with Crippen LogP contribution in [0.15, 0.2) is 18.2 Å². The van der Waals surface area contributed by atoms with E-state index in [-0.39, 0.29) is 5.56 Å². The lowest BCUT2D eigenvalue weighted by Crippen LogP contribution is -2.45. The summed E-state index contributed by atoms with van der Waals surface area (Å²) in [6, 6.07) is 2.22. The third-order valence-corrected chi connectivity index (χ3v) is 1.83. The van der Waals surface area contributed by atoms with Crippen LogP contribution in [0.3, 0.4) is 0 Å². The van der Waals surface area contributed by atoms with E-state index < -0.39 is 29.6 Å². The Morgan fingerprint density at radius 2 is 1.94 bits per heavy atom. The van der Waals surface area contributed by atoms with Gasteiger partial charge in [-0.15, -0.1) is 0 Å². The van der Waals surface area contributed by atoms with Crippen molar-refractivity contribution >= 4 is 11.9 Å². The molecule has 1 aromatic carbocycles. The first-order chi connectivity index (χ1) is 8.27. The van der Waals surface area contributed by atoms with Gasteiger partial charge < -0.3 is 19.4 Å². The molecular weight excluding hydrogens is 257 g/mol. The van der Waals surface area contributed by atoms with Gasteiger partial charge in [0.15, 0.2) is 17.5 Å². The molecule has 0 amide bonds. The van der Waals surface area contributed by atoms with E-state index in [4.69, 9.17) is 0 Å². The van der Waals surface area contributed by atoms with Crippen LogP contribution in [0.1, 0.15) is 10.4 Å². The van der Waals surface area contributed by atoms with Crippen molar-refractivity contribution in [2.45, 2.75) is 6.11 Å². The zero-order valence-corrected chi connectivity index (χ0v) is 8.91. The van der Waals surface area contributed by atoms with Crippen LogP contribution in [-0.4, -0.2) is 25.2 Å². The van der Waals surface area contributed by atoms with Crippen molar-refractivity contribution in [3.63, 3.8) is 0 Å². The summed E-state index contributed by atoms with van der Waals surface area (Å²) in [7, 11) is 1.03. The van der Waals surface area contributed by atoms with E-state index in [1.807, 2.05) is 0 Å². The number of carbonyl (C=O) groups excluding carboxylic acids is 2. The predicted octanol–water partition coefficient (Wildman–Crippen LogP) is 0.334. The Kier molecular flexibility index (Phi) is 3.79. The Labute approximate surface area is 98.7 Å². The van der Waals surface area contributed by atoms with Crippen LogP contribution >= 0.6 is 0 Å². The molecule has 0 atom stereocenters. The van der Waals surface area contributed by atoms with Crippen molar-refractivity contribution in [2.75, 3.05) is 7.11 Å². The molecule has 5 nitrogen and oxygen atoms in total. The molecule has 0 aliphatic rings. The van der Waals surface area contributed by atoms with Crippen LogP contribution in [0.2, 0.25) is 0 Å². The number of benzene rings is 1. The number of esters is 1. The lowest BCUT2D eigenvalue weighted by molar-refractivity contribution is -0.350. The van der Waals surface area contributed by atoms with Gasteiger partial charge in [-0.3, -0.25) is 0 Å². The van der Waals surface area contributed by atoms with E-state index in [1.165, 1.54) is 0 Å². The Balaban J connectivity index is 3.09. The van der Waals surface area contributed by atoms with Gasteiger partial charge in [0.05, 0.1) is 12.7 Å². The Morgan fingerprint density at radius 3 is 2.44 bits per heavy atom. The number of rotatable bonds is 4. The van der Waals surface area contributed by atoms with E-state index in [9.17, 15) is 27.9 Å². The molecule has 0 fully saturated rings. The molecule has 0 spiro atoms. The second-order valence-electron chi connectivity index (χ2n) is 3.04. The highest BCUT2D eigenvalue weighted by Crippen LogP contribution is 2.25. The van der Waals surface area contributed by atoms with Gasteiger partial charge in [-0.25, -0.2) is 9.18 Å². The first kappa shape index (κ1) is 13.8. The zero-order valence-electron chi connectivity index (χ0n) is 8.91. The quantitative estimate of drug-likeness (QED) is 0.732. The number of carbonyl (C=O) groups is 2. The van der Waals surface area contributed by atoms with Gasteiger partial charge in [0.25, 0.3) is 0 Å². The van der Waals surface area contributed by atoms with Crippen molar-refractivity contribution in [3.8, 4) is 5.75 Å². The van der Waals surface area contributed by atoms with Gasteiger partial charge in [-0.1, -0.05) is 0 Å². The fourth-order valence-electron chi connectivity index (χ4n) is 1.01. The smallest absolute Gasteiger partial charge is 0.441 e. The fourth-order valence-corrected chi connectivity index (χ4v) is 1.01. The van der Waals surface area contributed by atoms with Crippen LogP contribution < -0.4 is 9.84 Å². The van der Waals surface area contributed by atoms with Crippen molar-refractivity contribution in [1.29, 1.82) is 0 Å². The third-order valence-electron chi connectivity index (χ3n) is 1.83. The van der Waals surface area contributed by atoms with Gasteiger partial charge in [0.2, 0.25) is 0 Å². The molecule has 0 aromatic heterocycles. The van der Waals surface area contributed by atoms with E-state index in [1.54, 1.807) is 0 Å². The first-order valence-electron chi connectivity index (χ1n) is 4.44. The van der Waals surface area contributed by atoms with E-state index in [0.29, 0.717) is 12.1 Å². The van der Waals surface area contributed by atoms with Gasteiger partial charge in [0.1, 0.15) is 0 Å². The number of ether oxygens (including phenoxy) is 2. The number of hydrogen-bond donors (Lipinski definition) is 0. The highest BCUT2D eigenvalue weighted by Gasteiger charge is 2.35. The maximum atomic E-state index is 13.1. The minimum Gasteiger partial charge on any atom is -0.541 e. The molecule has 0 aliphatic carbocycles. The molecule has 0 bridgehead atoms. The lowest BCUT2D eigenvalue weighted by atomic mass is 10.2. The highest BCUT2D eigenvalue weighted by molar-refractivity contribution is 5.89. The van der Waals surface area contributed by atoms with E-state index in [0.717, 1.165) is 13.2 Å². The van der Waals surface area contributed by atoms with E-state index >= 15 is 0 Å². The molecule has 0 saturated heterocycles. The normalized spacial score (nSPS) is 10.9. The molecule has 0 radical (unpaired) electrons. The molecule has 0 saturated carbocycles. The Morgan fingerprint density at radius 1 is 1.33 bits per heavy atom. The van der Waals surface area contributed by atoms with Crippen LogP contribution in [0.4, 0.5) is 13.2 Å². The fraction of sp³-hybridized carbons (Fsp3) is 0.200. The number of methoxy groups -OCH3 is 1. The SMILES string of the molecule is COC(=O)c1ccc(F)c(OC(F)(F)C(=O)[O-])c1. The molecule has 8 heteroatoms. The Hall–Kier alpha value is -2.25. The summed E-state index contributed by atoms with van der Waals surface area (Å²) in [4.78, 5) is 21.1. The van der Waals surface area contributed by atoms with Crippen molar-refractivity contribution in [3.05, 3.63) is 29.6 Å². The number of aliphatic carboxylic acids is 1. The topological polar surface area (TPSA) is 75.7 Å². The second-order valence-corrected chi connectivity index (χ2v) is 3.04. The number of carboxylic acids is 1. The molecule has 0 aliphatic heterocycles. The molecular formula is C10H6F3O5-. The lowest BCUT2D eigenvalue weighted by Gasteiger charge is -2.18. The van der Waals surface area contributed by atoms with Crippen LogP contribution in [-0.2, 0) is 9.53 Å². The largest absolute Gasteiger partial charge is 0.541 e. The summed E-state index contributed by atoms with van der Waals surface area (Å²) in [5.74, 6) is -6.11. The van der Waals surface area contributed by atoms with Gasteiger partial charge >= 0.3 is 12.1 Å². The maximum absolute atomic E-state index is 13.1. The highest BCUT2D eigenvalue weighted by atomic mass is 19.3. The average Bonchev–Trinajstić information content (AvgIpc) is 2.30. The number of alkyl halides is 2. The summed E-state index contributed by atoms with van der Waals surface area (Å²) >= 11 is 0. The molecule has 0 unspecified atom stereocenters. The van der Waals surface area contributed by atoms with Gasteiger partial charge in [-0.05, 0) is 18.2 Å². The number of carboxylic acid groups (broad SMARTS) is 1. The molecule has 0 N–H and O–H groups in total. The summed E-state index contributed by atoms with van der Waals surface area (Å²) < 4.78 is 46.4. The van der Waals surface area contributed by atoms with Crippen molar-refractivity contribution in [1.82, 2.24) is 0 Å². The van der Waals surface area contributed by atoms with Crippen LogP contribution in [0.5, 0.6) is 5.75 Å². The maximum Gasteiger partial charge on any atom is 0.441 e. The van der Waals surface area contributed by atoms with Gasteiger partial charge in [-0.2, -0.15) is 8.78 Å². The third kappa shape index (κ3) is 2.90. The Bertz CT molecular complexity index is 486. The summed E-state index contributed by atoms with van der Waals surface area (Å²) in [5.41, 5.74) is -0.275. The van der Waals surface area contributed by atoms with E-state index in [2.05, 4.69) is 9.47 Å². The average molecular weight is 263 g/mol. The number of halogens is 3. The summed E-state index contributed by atoms with van der Waals surface area (Å²) in [6.45, 7) is 0. The van der Waals surface area contributed by atoms with Crippen molar-refractivity contribution in [2.24, 2.45) is 0 Å². The monoisotopic (exact) mass is 263 g/mol. The molecule has 0 heterocycles. The van der Waals surface area contributed by atoms with Crippen molar-refractivity contribution < 1.29 is 37.3 Å². The molecule has 1 aromatic rings. The molecule has 98 valence electrons.